The minimum Gasteiger partial charge on any atom is -0.492 e. The number of nitrogens with one attached hydrogen (secondary N) is 1. The molecule has 1 N–H and O–H groups in total. The van der Waals surface area contributed by atoms with Crippen LogP contribution in [0, 0.1) is 13.8 Å². The van der Waals surface area contributed by atoms with E-state index in [-0.39, 0.29) is 5.97 Å². The van der Waals surface area contributed by atoms with E-state index in [2.05, 4.69) is 29.8 Å². The fourth-order valence-electron chi connectivity index (χ4n) is 2.74. The molecule has 0 fully saturated rings. The predicted molar refractivity (Wildman–Crippen MR) is 93.0 cm³/mol. The van der Waals surface area contributed by atoms with Gasteiger partial charge in [-0.2, -0.15) is 0 Å². The minimum absolute atomic E-state index is 0.358. The molecule has 0 radical (unpaired) electrons. The van der Waals surface area contributed by atoms with Crippen molar-refractivity contribution in [2.75, 3.05) is 19.0 Å². The summed E-state index contributed by atoms with van der Waals surface area (Å²) in [4.78, 5) is 11.5. The molecule has 0 aliphatic rings. The van der Waals surface area contributed by atoms with E-state index in [1.54, 1.807) is 14.0 Å². The number of carbonyl (C=O) groups is 1. The fourth-order valence-corrected chi connectivity index (χ4v) is 2.74. The van der Waals surface area contributed by atoms with Crippen molar-refractivity contribution in [3.05, 3.63) is 35.2 Å². The number of aromatic nitrogens is 1. The first kappa shape index (κ1) is 16.9. The van der Waals surface area contributed by atoms with Crippen molar-refractivity contribution in [3.63, 3.8) is 0 Å². The fraction of sp³-hybridized carbons (Fsp3) is 0.389. The topological polar surface area (TPSA) is 52.5 Å². The summed E-state index contributed by atoms with van der Waals surface area (Å²) in [7, 11) is 3.68. The molecule has 0 unspecified atom stereocenters. The molecule has 0 spiro atoms. The Balaban J connectivity index is 2.46. The van der Waals surface area contributed by atoms with Crippen LogP contribution in [0.2, 0.25) is 0 Å². The molecule has 0 aliphatic carbocycles. The number of carbonyl (C=O) groups excluding carboxylic acids is 1. The molecule has 0 aliphatic heterocycles. The van der Waals surface area contributed by atoms with Gasteiger partial charge in [0.25, 0.3) is 0 Å². The Morgan fingerprint density at radius 2 is 2.04 bits per heavy atom. The van der Waals surface area contributed by atoms with Gasteiger partial charge in [-0.3, -0.25) is 0 Å². The molecule has 1 aromatic heterocycles. The number of anilines is 1. The Morgan fingerprint density at radius 3 is 2.65 bits per heavy atom. The highest BCUT2D eigenvalue weighted by atomic mass is 16.5. The number of hydrogen-bond acceptors (Lipinski definition) is 4. The summed E-state index contributed by atoms with van der Waals surface area (Å²) < 4.78 is 12.7. The molecule has 124 valence electrons. The molecule has 0 bridgehead atoms. The molecule has 0 saturated heterocycles. The average Bonchev–Trinajstić information content (AvgIpc) is 2.72. The Bertz CT molecular complexity index is 772. The largest absolute Gasteiger partial charge is 0.492 e. The Labute approximate surface area is 136 Å². The van der Waals surface area contributed by atoms with Crippen molar-refractivity contribution in [3.8, 4) is 5.75 Å². The molecule has 0 atom stereocenters. The third-order valence-electron chi connectivity index (χ3n) is 4.07. The lowest BCUT2D eigenvalue weighted by Gasteiger charge is -2.14. The summed E-state index contributed by atoms with van der Waals surface area (Å²) in [6.07, 6.45) is 1.44. The third-order valence-corrected chi connectivity index (χ3v) is 4.07. The number of esters is 1. The summed E-state index contributed by atoms with van der Waals surface area (Å²) in [5, 5.41) is 4.39. The zero-order valence-corrected chi connectivity index (χ0v) is 14.6. The normalized spacial score (nSPS) is 11.7. The van der Waals surface area contributed by atoms with Crippen LogP contribution in [0.15, 0.2) is 23.9 Å². The maximum absolute atomic E-state index is 11.5. The number of hydrogen-bond donors (Lipinski definition) is 1. The summed E-state index contributed by atoms with van der Waals surface area (Å²) >= 11 is 0. The van der Waals surface area contributed by atoms with Gasteiger partial charge in [0, 0.05) is 29.9 Å². The number of benzene rings is 1. The van der Waals surface area contributed by atoms with Crippen LogP contribution >= 0.6 is 0 Å². The summed E-state index contributed by atoms with van der Waals surface area (Å²) in [6, 6.07) is 4.04. The first-order valence-electron chi connectivity index (χ1n) is 7.65. The monoisotopic (exact) mass is 316 g/mol. The van der Waals surface area contributed by atoms with Gasteiger partial charge < -0.3 is 19.4 Å². The van der Waals surface area contributed by atoms with Crippen LogP contribution in [0.4, 0.5) is 5.69 Å². The van der Waals surface area contributed by atoms with Gasteiger partial charge in [-0.25, -0.2) is 4.79 Å². The van der Waals surface area contributed by atoms with Gasteiger partial charge in [-0.1, -0.05) is 6.07 Å². The van der Waals surface area contributed by atoms with Crippen molar-refractivity contribution in [2.45, 2.75) is 27.7 Å². The van der Waals surface area contributed by atoms with Crippen molar-refractivity contribution in [2.24, 2.45) is 7.05 Å². The maximum atomic E-state index is 11.5. The van der Waals surface area contributed by atoms with Gasteiger partial charge in [-0.05, 0) is 39.3 Å². The summed E-state index contributed by atoms with van der Waals surface area (Å²) in [6.45, 7) is 8.16. The van der Waals surface area contributed by atoms with Crippen molar-refractivity contribution in [1.29, 1.82) is 0 Å². The predicted octanol–water partition coefficient (Wildman–Crippen LogP) is 3.68. The van der Waals surface area contributed by atoms with E-state index in [1.165, 1.54) is 22.7 Å². The molecule has 2 rings (SSSR count). The smallest absolute Gasteiger partial charge is 0.332 e. The standard InChI is InChI=1S/C18H24N2O3/c1-7-23-16(21)10-11(2)19-15-9-8-14-12(3)13(4)20(5)17(14)18(15)22-6/h8-10,19H,7H2,1-6H3. The summed E-state index contributed by atoms with van der Waals surface area (Å²) in [5.74, 6) is 0.404. The first-order valence-corrected chi connectivity index (χ1v) is 7.65. The second kappa shape index (κ2) is 6.77. The maximum Gasteiger partial charge on any atom is 0.332 e. The van der Waals surface area contributed by atoms with E-state index >= 15 is 0 Å². The summed E-state index contributed by atoms with van der Waals surface area (Å²) in [5.41, 5.74) is 5.00. The highest BCUT2D eigenvalue weighted by Crippen LogP contribution is 2.37. The van der Waals surface area contributed by atoms with Crippen LogP contribution in [0.3, 0.4) is 0 Å². The van der Waals surface area contributed by atoms with Gasteiger partial charge in [0.05, 0.1) is 24.9 Å². The quantitative estimate of drug-likeness (QED) is 0.675. The number of allylic oxidation sites excluding steroid dienone is 1. The molecule has 2 aromatic rings. The SMILES string of the molecule is CCOC(=O)C=C(C)Nc1ccc2c(C)c(C)n(C)c2c1OC. The number of methoxy groups -OCH3 is 1. The van der Waals surface area contributed by atoms with Crippen LogP contribution < -0.4 is 10.1 Å². The molecule has 0 saturated carbocycles. The Kier molecular flexibility index (Phi) is 4.98. The molecule has 1 heterocycles. The Morgan fingerprint density at radius 1 is 1.35 bits per heavy atom. The van der Waals surface area contributed by atoms with Crippen LogP contribution in [0.5, 0.6) is 5.75 Å². The highest BCUT2D eigenvalue weighted by Gasteiger charge is 2.16. The van der Waals surface area contributed by atoms with Gasteiger partial charge in [0.15, 0.2) is 5.75 Å². The van der Waals surface area contributed by atoms with E-state index in [4.69, 9.17) is 9.47 Å². The van der Waals surface area contributed by atoms with E-state index in [0.29, 0.717) is 12.3 Å². The Hall–Kier alpha value is -2.43. The molecular weight excluding hydrogens is 292 g/mol. The second-order valence-electron chi connectivity index (χ2n) is 5.52. The van der Waals surface area contributed by atoms with Crippen LogP contribution in [0.25, 0.3) is 10.9 Å². The van der Waals surface area contributed by atoms with E-state index in [0.717, 1.165) is 17.0 Å². The number of rotatable bonds is 5. The number of nitrogens with zero attached hydrogens (tertiary/aromatic N) is 1. The molecule has 5 heteroatoms. The lowest BCUT2D eigenvalue weighted by molar-refractivity contribution is -0.137. The van der Waals surface area contributed by atoms with Crippen LogP contribution in [0.1, 0.15) is 25.1 Å². The number of fused-ring (bicyclic) bond motifs is 1. The highest BCUT2D eigenvalue weighted by molar-refractivity contribution is 5.95. The van der Waals surface area contributed by atoms with Crippen molar-refractivity contribution >= 4 is 22.6 Å². The van der Waals surface area contributed by atoms with Crippen molar-refractivity contribution in [1.82, 2.24) is 4.57 Å². The first-order chi connectivity index (χ1) is 10.9. The number of ether oxygens (including phenoxy) is 2. The van der Waals surface area contributed by atoms with Crippen LogP contribution in [-0.2, 0) is 16.6 Å². The number of aryl methyl sites for hydroxylation is 2. The van der Waals surface area contributed by atoms with E-state index < -0.39 is 0 Å². The van der Waals surface area contributed by atoms with E-state index in [9.17, 15) is 4.79 Å². The van der Waals surface area contributed by atoms with Gasteiger partial charge in [0.1, 0.15) is 0 Å². The lowest BCUT2D eigenvalue weighted by Crippen LogP contribution is -2.05. The molecule has 0 amide bonds. The lowest BCUT2D eigenvalue weighted by atomic mass is 10.1. The van der Waals surface area contributed by atoms with Crippen molar-refractivity contribution < 1.29 is 14.3 Å². The molecule has 1 aromatic carbocycles. The van der Waals surface area contributed by atoms with Crippen LogP contribution in [-0.4, -0.2) is 24.3 Å². The molecule has 23 heavy (non-hydrogen) atoms. The van der Waals surface area contributed by atoms with Gasteiger partial charge in [0.2, 0.25) is 0 Å². The molecular formula is C18H24N2O3. The van der Waals surface area contributed by atoms with E-state index in [1.807, 2.05) is 20.0 Å². The second-order valence-corrected chi connectivity index (χ2v) is 5.52. The average molecular weight is 316 g/mol. The third kappa shape index (κ3) is 3.18. The van der Waals surface area contributed by atoms with Gasteiger partial charge in [-0.15, -0.1) is 0 Å². The minimum atomic E-state index is -0.358. The molecule has 5 nitrogen and oxygen atoms in total. The zero-order valence-electron chi connectivity index (χ0n) is 14.6. The van der Waals surface area contributed by atoms with Gasteiger partial charge >= 0.3 is 5.97 Å². The zero-order chi connectivity index (χ0) is 17.1.